The van der Waals surface area contributed by atoms with Crippen LogP contribution in [0.5, 0.6) is 0 Å². The van der Waals surface area contributed by atoms with E-state index in [1.165, 1.54) is 18.4 Å². The van der Waals surface area contributed by atoms with Gasteiger partial charge in [0.15, 0.2) is 29.6 Å². The van der Waals surface area contributed by atoms with Gasteiger partial charge >= 0.3 is 17.9 Å². The van der Waals surface area contributed by atoms with Crippen molar-refractivity contribution in [2.75, 3.05) is 11.9 Å². The second kappa shape index (κ2) is 9.13. The van der Waals surface area contributed by atoms with Gasteiger partial charge in [0.25, 0.3) is 5.56 Å². The number of hydrogen-bond acceptors (Lipinski definition) is 11. The van der Waals surface area contributed by atoms with E-state index in [-0.39, 0.29) is 23.7 Å². The molecule has 14 heteroatoms. The first kappa shape index (κ1) is 22.9. The Bertz CT molecular complexity index is 1120. The first-order chi connectivity index (χ1) is 15.1. The maximum atomic E-state index is 12.2. The predicted octanol–water partition coefficient (Wildman–Crippen LogP) is -0.598. The number of amides is 1. The van der Waals surface area contributed by atoms with E-state index in [4.69, 9.17) is 18.9 Å². The van der Waals surface area contributed by atoms with E-state index in [0.717, 1.165) is 20.2 Å². The van der Waals surface area contributed by atoms with Crippen LogP contribution in [0.15, 0.2) is 11.1 Å². The lowest BCUT2D eigenvalue weighted by molar-refractivity contribution is -0.166. The van der Waals surface area contributed by atoms with Gasteiger partial charge in [-0.1, -0.05) is 0 Å². The first-order valence-electron chi connectivity index (χ1n) is 9.45. The largest absolute Gasteiger partial charge is 0.463 e. The maximum Gasteiger partial charge on any atom is 0.303 e. The Kier molecular flexibility index (Phi) is 6.53. The second-order valence-corrected chi connectivity index (χ2v) is 6.91. The number of fused-ring (bicyclic) bond motifs is 1. The molecule has 0 aliphatic carbocycles. The summed E-state index contributed by atoms with van der Waals surface area (Å²) in [4.78, 5) is 69.4. The summed E-state index contributed by atoms with van der Waals surface area (Å²) in [5.41, 5.74) is -0.696. The number of aromatic amines is 1. The Morgan fingerprint density at radius 1 is 1.09 bits per heavy atom. The molecule has 1 fully saturated rings. The van der Waals surface area contributed by atoms with Crippen LogP contribution in [0, 0.1) is 0 Å². The fourth-order valence-corrected chi connectivity index (χ4v) is 3.31. The predicted molar refractivity (Wildman–Crippen MR) is 104 cm³/mol. The lowest BCUT2D eigenvalue weighted by Gasteiger charge is -2.24. The van der Waals surface area contributed by atoms with Gasteiger partial charge in [-0.25, -0.2) is 9.97 Å². The average Bonchev–Trinajstić information content (AvgIpc) is 3.18. The molecule has 4 unspecified atom stereocenters. The lowest BCUT2D eigenvalue weighted by Crippen LogP contribution is -2.40. The van der Waals surface area contributed by atoms with Gasteiger partial charge in [0.05, 0.1) is 6.33 Å². The molecule has 2 aromatic rings. The molecule has 1 saturated heterocycles. The van der Waals surface area contributed by atoms with Crippen LogP contribution in [0.4, 0.5) is 5.95 Å². The number of esters is 3. The molecular weight excluding hydrogens is 430 g/mol. The molecular formula is C18H21N5O9. The third-order valence-electron chi connectivity index (χ3n) is 4.37. The second-order valence-electron chi connectivity index (χ2n) is 6.91. The molecule has 0 aromatic carbocycles. The van der Waals surface area contributed by atoms with Crippen molar-refractivity contribution in [3.05, 3.63) is 16.7 Å². The molecule has 3 rings (SSSR count). The van der Waals surface area contributed by atoms with Crippen molar-refractivity contribution in [2.45, 2.75) is 52.2 Å². The van der Waals surface area contributed by atoms with E-state index in [0.29, 0.717) is 0 Å². The Morgan fingerprint density at radius 3 is 2.34 bits per heavy atom. The minimum absolute atomic E-state index is 0.00867. The zero-order valence-electron chi connectivity index (χ0n) is 17.6. The van der Waals surface area contributed by atoms with Gasteiger partial charge in [0, 0.05) is 27.7 Å². The Morgan fingerprint density at radius 2 is 1.75 bits per heavy atom. The first-order valence-corrected chi connectivity index (χ1v) is 9.45. The Hall–Kier alpha value is -3.81. The highest BCUT2D eigenvalue weighted by Gasteiger charge is 2.51. The minimum atomic E-state index is -1.25. The summed E-state index contributed by atoms with van der Waals surface area (Å²) in [7, 11) is 0. The fraction of sp³-hybridized carbons (Fsp3) is 0.500. The molecule has 0 bridgehead atoms. The molecule has 1 aliphatic rings. The van der Waals surface area contributed by atoms with Crippen LogP contribution in [-0.2, 0) is 38.1 Å². The zero-order valence-corrected chi connectivity index (χ0v) is 17.6. The Labute approximate surface area is 180 Å². The van der Waals surface area contributed by atoms with E-state index < -0.39 is 53.9 Å². The summed E-state index contributed by atoms with van der Waals surface area (Å²) >= 11 is 0. The molecule has 32 heavy (non-hydrogen) atoms. The molecule has 0 radical (unpaired) electrons. The average molecular weight is 451 g/mol. The van der Waals surface area contributed by atoms with Gasteiger partial charge in [-0.05, 0) is 0 Å². The number of carbonyl (C=O) groups excluding carboxylic acids is 4. The van der Waals surface area contributed by atoms with E-state index >= 15 is 0 Å². The molecule has 2 aromatic heterocycles. The number of ether oxygens (including phenoxy) is 4. The van der Waals surface area contributed by atoms with Gasteiger partial charge in [-0.15, -0.1) is 0 Å². The summed E-state index contributed by atoms with van der Waals surface area (Å²) < 4.78 is 22.9. The molecule has 1 amide bonds. The Balaban J connectivity index is 2.15. The number of anilines is 1. The molecule has 14 nitrogen and oxygen atoms in total. The van der Waals surface area contributed by atoms with E-state index in [1.54, 1.807) is 0 Å². The maximum absolute atomic E-state index is 12.2. The molecule has 0 saturated carbocycles. The SMILES string of the molecule is CC(=O)Nc1nc2c(=O)[nH]cnc2n1C1OC(COC(C)=O)C(OC(C)=O)C1OC(C)=O. The van der Waals surface area contributed by atoms with Crippen LogP contribution in [0.1, 0.15) is 33.9 Å². The fourth-order valence-electron chi connectivity index (χ4n) is 3.31. The highest BCUT2D eigenvalue weighted by molar-refractivity contribution is 5.89. The van der Waals surface area contributed by atoms with Crippen molar-refractivity contribution >= 4 is 40.9 Å². The van der Waals surface area contributed by atoms with Gasteiger partial charge in [-0.2, -0.15) is 0 Å². The molecule has 2 N–H and O–H groups in total. The smallest absolute Gasteiger partial charge is 0.303 e. The van der Waals surface area contributed by atoms with Gasteiger partial charge in [-0.3, -0.25) is 33.9 Å². The monoisotopic (exact) mass is 451 g/mol. The highest BCUT2D eigenvalue weighted by Crippen LogP contribution is 2.37. The van der Waals surface area contributed by atoms with Crippen molar-refractivity contribution in [1.29, 1.82) is 0 Å². The van der Waals surface area contributed by atoms with Gasteiger partial charge in [0.2, 0.25) is 11.9 Å². The van der Waals surface area contributed by atoms with Crippen molar-refractivity contribution in [3.8, 4) is 0 Å². The highest BCUT2D eigenvalue weighted by atomic mass is 16.7. The quantitative estimate of drug-likeness (QED) is 0.423. The summed E-state index contributed by atoms with van der Waals surface area (Å²) in [6.45, 7) is 4.39. The number of aromatic nitrogens is 4. The summed E-state index contributed by atoms with van der Waals surface area (Å²) in [5, 5.41) is 2.47. The summed E-state index contributed by atoms with van der Waals surface area (Å²) in [5.74, 6) is -2.65. The molecule has 0 spiro atoms. The van der Waals surface area contributed by atoms with E-state index in [2.05, 4.69) is 20.3 Å². The number of rotatable bonds is 6. The number of hydrogen-bond donors (Lipinski definition) is 2. The number of nitrogens with zero attached hydrogens (tertiary/aromatic N) is 3. The van der Waals surface area contributed by atoms with Crippen molar-refractivity contribution < 1.29 is 38.1 Å². The normalized spacial score (nSPS) is 22.4. The third kappa shape index (κ3) is 4.74. The van der Waals surface area contributed by atoms with Crippen LogP contribution in [0.3, 0.4) is 0 Å². The van der Waals surface area contributed by atoms with Gasteiger partial charge < -0.3 is 23.9 Å². The molecule has 3 heterocycles. The lowest BCUT2D eigenvalue weighted by atomic mass is 10.1. The summed E-state index contributed by atoms with van der Waals surface area (Å²) in [6, 6.07) is 0. The van der Waals surface area contributed by atoms with E-state index in [9.17, 15) is 24.0 Å². The van der Waals surface area contributed by atoms with Crippen LogP contribution in [0.2, 0.25) is 0 Å². The van der Waals surface area contributed by atoms with Crippen LogP contribution in [-0.4, -0.2) is 68.3 Å². The van der Waals surface area contributed by atoms with Crippen LogP contribution in [0.25, 0.3) is 11.2 Å². The van der Waals surface area contributed by atoms with Gasteiger partial charge in [0.1, 0.15) is 12.7 Å². The molecule has 4 atom stereocenters. The van der Waals surface area contributed by atoms with Crippen LogP contribution >= 0.6 is 0 Å². The minimum Gasteiger partial charge on any atom is -0.463 e. The standard InChI is InChI=1S/C18H21N5O9/c1-7(24)21-18-22-12-15(19-6-20-16(12)28)23(18)17-14(31-10(4)27)13(30-9(3)26)11(32-17)5-29-8(2)25/h6,11,13-14,17H,5H2,1-4H3,(H,19,20,28)(H,21,22,24). The zero-order chi connectivity index (χ0) is 23.6. The number of carbonyl (C=O) groups is 4. The van der Waals surface area contributed by atoms with Crippen molar-refractivity contribution in [2.24, 2.45) is 0 Å². The third-order valence-corrected chi connectivity index (χ3v) is 4.37. The molecule has 172 valence electrons. The number of H-pyrrole nitrogens is 1. The number of nitrogens with one attached hydrogen (secondary N) is 2. The van der Waals surface area contributed by atoms with E-state index in [1.807, 2.05) is 0 Å². The molecule has 1 aliphatic heterocycles. The van der Waals surface area contributed by atoms with Crippen LogP contribution < -0.4 is 10.9 Å². The number of imidazole rings is 1. The topological polar surface area (TPSA) is 181 Å². The van der Waals surface area contributed by atoms with Crippen molar-refractivity contribution in [1.82, 2.24) is 19.5 Å². The summed E-state index contributed by atoms with van der Waals surface area (Å²) in [6.07, 6.45) is -3.59. The van der Waals surface area contributed by atoms with Crippen molar-refractivity contribution in [3.63, 3.8) is 0 Å².